The van der Waals surface area contributed by atoms with Gasteiger partial charge in [0.05, 0.1) is 0 Å². The second-order valence-corrected chi connectivity index (χ2v) is 11.0. The Labute approximate surface area is 226 Å². The molecule has 0 fully saturated rings. The van der Waals surface area contributed by atoms with Crippen LogP contribution in [0.4, 0.5) is 0 Å². The second-order valence-electron chi connectivity index (χ2n) is 11.0. The molecular weight excluding hydrogens is 446 g/mol. The highest BCUT2D eigenvalue weighted by Crippen LogP contribution is 2.17. The van der Waals surface area contributed by atoms with Gasteiger partial charge in [-0.1, -0.05) is 104 Å². The molecule has 0 aromatic carbocycles. The third-order valence-electron chi connectivity index (χ3n) is 7.37. The fourth-order valence-electron chi connectivity index (χ4n) is 4.96. The number of aliphatic hydroxyl groups is 1. The number of rotatable bonds is 29. The van der Waals surface area contributed by atoms with Crippen LogP contribution in [0.25, 0.3) is 0 Å². The van der Waals surface area contributed by atoms with Crippen molar-refractivity contribution in [2.24, 2.45) is 0 Å². The van der Waals surface area contributed by atoms with E-state index in [4.69, 9.17) is 9.84 Å². The van der Waals surface area contributed by atoms with Crippen LogP contribution in [-0.2, 0) is 9.53 Å². The Hall–Kier alpha value is -0.610. The summed E-state index contributed by atoms with van der Waals surface area (Å²) in [6, 6.07) is 0. The normalized spacial score (nSPS) is 12.4. The van der Waals surface area contributed by atoms with Gasteiger partial charge in [-0.15, -0.1) is 0 Å². The molecule has 0 aliphatic carbocycles. The Morgan fingerprint density at radius 3 is 1.56 bits per heavy atom. The first-order chi connectivity index (χ1) is 17.7. The zero-order valence-corrected chi connectivity index (χ0v) is 24.9. The van der Waals surface area contributed by atoms with E-state index in [1.807, 2.05) is 0 Å². The highest BCUT2D eigenvalue weighted by molar-refractivity contribution is 5.69. The van der Waals surface area contributed by atoms with E-state index in [2.05, 4.69) is 25.7 Å². The van der Waals surface area contributed by atoms with Gasteiger partial charge in [-0.2, -0.15) is 0 Å². The van der Waals surface area contributed by atoms with E-state index < -0.39 is 0 Å². The van der Waals surface area contributed by atoms with E-state index in [1.54, 1.807) is 0 Å². The van der Waals surface area contributed by atoms with Crippen molar-refractivity contribution in [3.8, 4) is 0 Å². The summed E-state index contributed by atoms with van der Waals surface area (Å²) in [4.78, 5) is 15.1. The van der Waals surface area contributed by atoms with Crippen molar-refractivity contribution in [1.29, 1.82) is 0 Å². The van der Waals surface area contributed by atoms with Gasteiger partial charge in [0.25, 0.3) is 0 Å². The molecule has 0 heterocycles. The number of carbonyl (C=O) groups is 1. The van der Waals surface area contributed by atoms with E-state index >= 15 is 0 Å². The van der Waals surface area contributed by atoms with Gasteiger partial charge in [-0.3, -0.25) is 4.79 Å². The highest BCUT2D eigenvalue weighted by atomic mass is 16.5. The van der Waals surface area contributed by atoms with Crippen molar-refractivity contribution in [1.82, 2.24) is 4.90 Å². The van der Waals surface area contributed by atoms with Gasteiger partial charge in [0.2, 0.25) is 0 Å². The van der Waals surface area contributed by atoms with Crippen LogP contribution >= 0.6 is 0 Å². The van der Waals surface area contributed by atoms with Crippen LogP contribution in [0.1, 0.15) is 168 Å². The number of hydrogen-bond donors (Lipinski definition) is 1. The minimum absolute atomic E-state index is 0.0306. The first kappa shape index (κ1) is 35.4. The Morgan fingerprint density at radius 1 is 0.583 bits per heavy atom. The Balaban J connectivity index is 4.12. The lowest BCUT2D eigenvalue weighted by molar-refractivity contribution is -0.150. The van der Waals surface area contributed by atoms with Crippen LogP contribution in [0.5, 0.6) is 0 Å². The lowest BCUT2D eigenvalue weighted by Crippen LogP contribution is -2.27. The molecule has 4 heteroatoms. The minimum Gasteiger partial charge on any atom is -0.462 e. The Bertz CT molecular complexity index is 443. The van der Waals surface area contributed by atoms with Gasteiger partial charge in [0, 0.05) is 13.0 Å². The molecule has 0 bridgehead atoms. The first-order valence-electron chi connectivity index (χ1n) is 16.2. The largest absolute Gasteiger partial charge is 0.462 e. The Morgan fingerprint density at radius 2 is 1.00 bits per heavy atom. The van der Waals surface area contributed by atoms with Crippen molar-refractivity contribution in [2.45, 2.75) is 175 Å². The number of nitrogens with zero attached hydrogens (tertiary/aromatic N) is 1. The quantitative estimate of drug-likeness (QED) is 0.0803. The maximum absolute atomic E-state index is 12.5. The Kier molecular flexibility index (Phi) is 28.5. The number of hydrogen-bond acceptors (Lipinski definition) is 4. The van der Waals surface area contributed by atoms with Gasteiger partial charge in [0.15, 0.2) is 0 Å². The van der Waals surface area contributed by atoms with E-state index in [0.29, 0.717) is 13.0 Å². The van der Waals surface area contributed by atoms with Crippen molar-refractivity contribution >= 4 is 5.97 Å². The fourth-order valence-corrected chi connectivity index (χ4v) is 4.96. The molecule has 0 saturated carbocycles. The van der Waals surface area contributed by atoms with Crippen molar-refractivity contribution < 1.29 is 14.6 Å². The molecule has 0 aromatic heterocycles. The zero-order chi connectivity index (χ0) is 26.5. The second kappa shape index (κ2) is 29.0. The van der Waals surface area contributed by atoms with Crippen LogP contribution < -0.4 is 0 Å². The summed E-state index contributed by atoms with van der Waals surface area (Å²) < 4.78 is 5.95. The molecular formula is C32H65NO3. The standard InChI is InChI=1S/C32H65NO3/c1-4-7-10-13-14-18-25-31(24-17-11-8-5-2)36-32(35)26-19-15-16-21-28-33(29-22-23-30-34)27-20-12-9-6-3/h31,34H,4-30H2,1-3H3. The molecule has 1 atom stereocenters. The number of esters is 1. The maximum atomic E-state index is 12.5. The third-order valence-corrected chi connectivity index (χ3v) is 7.37. The molecule has 0 spiro atoms. The molecule has 0 radical (unpaired) electrons. The van der Waals surface area contributed by atoms with Crippen LogP contribution in [-0.4, -0.2) is 48.3 Å². The molecule has 0 aromatic rings. The predicted molar refractivity (Wildman–Crippen MR) is 157 cm³/mol. The van der Waals surface area contributed by atoms with Crippen molar-refractivity contribution in [2.75, 3.05) is 26.2 Å². The highest BCUT2D eigenvalue weighted by Gasteiger charge is 2.14. The van der Waals surface area contributed by atoms with Crippen LogP contribution in [0.2, 0.25) is 0 Å². The smallest absolute Gasteiger partial charge is 0.306 e. The van der Waals surface area contributed by atoms with Crippen molar-refractivity contribution in [3.63, 3.8) is 0 Å². The van der Waals surface area contributed by atoms with E-state index in [9.17, 15) is 4.79 Å². The van der Waals surface area contributed by atoms with Gasteiger partial charge in [-0.25, -0.2) is 0 Å². The molecule has 36 heavy (non-hydrogen) atoms. The summed E-state index contributed by atoms with van der Waals surface area (Å²) in [6.45, 7) is 10.5. The summed E-state index contributed by atoms with van der Waals surface area (Å²) in [7, 11) is 0. The lowest BCUT2D eigenvalue weighted by Gasteiger charge is -2.22. The van der Waals surface area contributed by atoms with Gasteiger partial charge >= 0.3 is 5.97 Å². The third kappa shape index (κ3) is 25.1. The zero-order valence-electron chi connectivity index (χ0n) is 24.9. The maximum Gasteiger partial charge on any atom is 0.306 e. The molecule has 0 aliphatic heterocycles. The summed E-state index contributed by atoms with van der Waals surface area (Å²) in [6.07, 6.45) is 27.3. The summed E-state index contributed by atoms with van der Waals surface area (Å²) in [5.41, 5.74) is 0. The number of unbranched alkanes of at least 4 members (excludes halogenated alkanes) is 15. The van der Waals surface area contributed by atoms with Crippen LogP contribution in [0.3, 0.4) is 0 Å². The predicted octanol–water partition coefficient (Wildman–Crippen LogP) is 9.22. The average molecular weight is 512 g/mol. The molecule has 1 N–H and O–H groups in total. The SMILES string of the molecule is CCCCCCCCC(CCCCCC)OC(=O)CCCCCCN(CCCCO)CCCCCC. The van der Waals surface area contributed by atoms with E-state index in [0.717, 1.165) is 51.6 Å². The molecule has 1 unspecified atom stereocenters. The molecule has 216 valence electrons. The average Bonchev–Trinajstić information content (AvgIpc) is 2.88. The summed E-state index contributed by atoms with van der Waals surface area (Å²) in [5, 5.41) is 9.09. The lowest BCUT2D eigenvalue weighted by atomic mass is 10.0. The molecule has 0 saturated heterocycles. The van der Waals surface area contributed by atoms with E-state index in [1.165, 1.54) is 109 Å². The molecule has 0 rings (SSSR count). The number of carbonyl (C=O) groups excluding carboxylic acids is 1. The molecule has 0 aliphatic rings. The monoisotopic (exact) mass is 511 g/mol. The van der Waals surface area contributed by atoms with Gasteiger partial charge in [-0.05, 0) is 77.4 Å². The summed E-state index contributed by atoms with van der Waals surface area (Å²) in [5.74, 6) is 0.0306. The topological polar surface area (TPSA) is 49.8 Å². The number of aliphatic hydroxyl groups excluding tert-OH is 1. The van der Waals surface area contributed by atoms with Gasteiger partial charge in [0.1, 0.15) is 6.10 Å². The molecule has 0 amide bonds. The van der Waals surface area contributed by atoms with Gasteiger partial charge < -0.3 is 14.7 Å². The minimum atomic E-state index is 0.0306. The van der Waals surface area contributed by atoms with E-state index in [-0.39, 0.29) is 12.1 Å². The van der Waals surface area contributed by atoms with Crippen LogP contribution in [0, 0.1) is 0 Å². The van der Waals surface area contributed by atoms with Crippen LogP contribution in [0.15, 0.2) is 0 Å². The number of ether oxygens (including phenoxy) is 1. The summed E-state index contributed by atoms with van der Waals surface area (Å²) >= 11 is 0. The van der Waals surface area contributed by atoms with Crippen molar-refractivity contribution in [3.05, 3.63) is 0 Å². The molecule has 4 nitrogen and oxygen atoms in total. The first-order valence-corrected chi connectivity index (χ1v) is 16.2. The fraction of sp³-hybridized carbons (Fsp3) is 0.969.